The first kappa shape index (κ1) is 30.0. The van der Waals surface area contributed by atoms with Crippen molar-refractivity contribution in [2.24, 2.45) is 0 Å². The van der Waals surface area contributed by atoms with Crippen molar-refractivity contribution >= 4 is 16.0 Å². The predicted octanol–water partition coefficient (Wildman–Crippen LogP) is 5.96. The molecular formula is C34H38N4O5S. The molecule has 1 N–H and O–H groups in total. The van der Waals surface area contributed by atoms with Crippen LogP contribution in [0.5, 0.6) is 5.75 Å². The van der Waals surface area contributed by atoms with E-state index in [-0.39, 0.29) is 11.7 Å². The highest BCUT2D eigenvalue weighted by molar-refractivity contribution is 7.88. The summed E-state index contributed by atoms with van der Waals surface area (Å²) in [7, 11) is -3.15. The summed E-state index contributed by atoms with van der Waals surface area (Å²) in [4.78, 5) is 16.6. The predicted molar refractivity (Wildman–Crippen MR) is 169 cm³/mol. The Balaban J connectivity index is 1.27. The molecule has 230 valence electrons. The van der Waals surface area contributed by atoms with Crippen LogP contribution in [0, 0.1) is 0 Å². The SMILES string of the molecule is CCc1cc(OC2CCc3cccc(-c4cccc(-n5ncc(C(=O)O)c5CC)n4)c32)ccc1C1CCN(S(C)(=O)=O)CC1. The molecule has 9 nitrogen and oxygen atoms in total. The van der Waals surface area contributed by atoms with Crippen molar-refractivity contribution in [2.45, 2.75) is 64.4 Å². The summed E-state index contributed by atoms with van der Waals surface area (Å²) in [5.74, 6) is 0.745. The number of sulfonamides is 1. The zero-order chi connectivity index (χ0) is 31.0. The smallest absolute Gasteiger partial charge is 0.339 e. The Hall–Kier alpha value is -4.02. The number of carboxylic acids is 1. The lowest BCUT2D eigenvalue weighted by molar-refractivity contribution is 0.0695. The average molecular weight is 615 g/mol. The van der Waals surface area contributed by atoms with Crippen molar-refractivity contribution in [3.05, 3.63) is 94.3 Å². The fraction of sp³-hybridized carbons (Fsp3) is 0.382. The Kier molecular flexibility index (Phi) is 8.30. The van der Waals surface area contributed by atoms with Crippen LogP contribution in [0.25, 0.3) is 17.1 Å². The summed E-state index contributed by atoms with van der Waals surface area (Å²) in [5, 5.41) is 13.9. The van der Waals surface area contributed by atoms with E-state index in [0.29, 0.717) is 36.9 Å². The van der Waals surface area contributed by atoms with Gasteiger partial charge in [-0.25, -0.2) is 27.2 Å². The lowest BCUT2D eigenvalue weighted by Crippen LogP contribution is -2.37. The summed E-state index contributed by atoms with van der Waals surface area (Å²) in [6.07, 6.45) is 7.34. The fourth-order valence-corrected chi connectivity index (χ4v) is 7.66. The van der Waals surface area contributed by atoms with Crippen molar-refractivity contribution in [3.63, 3.8) is 0 Å². The minimum Gasteiger partial charge on any atom is -0.486 e. The number of benzene rings is 2. The zero-order valence-electron chi connectivity index (χ0n) is 25.4. The van der Waals surface area contributed by atoms with Crippen molar-refractivity contribution in [1.29, 1.82) is 0 Å². The van der Waals surface area contributed by atoms with Gasteiger partial charge in [0.05, 0.1) is 23.8 Å². The number of fused-ring (bicyclic) bond motifs is 1. The number of pyridine rings is 1. The maximum atomic E-state index is 12.0. The van der Waals surface area contributed by atoms with Gasteiger partial charge < -0.3 is 9.84 Å². The molecule has 3 heterocycles. The molecule has 0 spiro atoms. The Bertz CT molecular complexity index is 1810. The van der Waals surface area contributed by atoms with Gasteiger partial charge in [0.2, 0.25) is 10.0 Å². The van der Waals surface area contributed by atoms with E-state index >= 15 is 0 Å². The molecule has 2 aromatic heterocycles. The van der Waals surface area contributed by atoms with Crippen molar-refractivity contribution in [1.82, 2.24) is 19.1 Å². The highest BCUT2D eigenvalue weighted by atomic mass is 32.2. The summed E-state index contributed by atoms with van der Waals surface area (Å²) in [5.41, 5.74) is 7.49. The minimum absolute atomic E-state index is 0.130. The lowest BCUT2D eigenvalue weighted by atomic mass is 9.86. The normalized spacial score (nSPS) is 17.5. The number of hydrogen-bond acceptors (Lipinski definition) is 6. The molecule has 0 amide bonds. The fourth-order valence-electron chi connectivity index (χ4n) is 6.79. The molecule has 1 atom stereocenters. The molecule has 0 radical (unpaired) electrons. The summed E-state index contributed by atoms with van der Waals surface area (Å²) in [6, 6.07) is 18.4. The van der Waals surface area contributed by atoms with Crippen LogP contribution in [-0.2, 0) is 29.3 Å². The van der Waals surface area contributed by atoms with Crippen LogP contribution in [0.2, 0.25) is 0 Å². The first-order valence-corrected chi connectivity index (χ1v) is 17.2. The van der Waals surface area contributed by atoms with Gasteiger partial charge >= 0.3 is 5.97 Å². The van der Waals surface area contributed by atoms with Gasteiger partial charge in [-0.15, -0.1) is 0 Å². The summed E-state index contributed by atoms with van der Waals surface area (Å²) >= 11 is 0. The molecule has 1 saturated heterocycles. The van der Waals surface area contributed by atoms with Crippen LogP contribution < -0.4 is 4.74 Å². The second-order valence-electron chi connectivity index (χ2n) is 11.6. The number of aromatic carboxylic acids is 1. The number of aryl methyl sites for hydroxylation is 2. The second kappa shape index (κ2) is 12.2. The van der Waals surface area contributed by atoms with Crippen molar-refractivity contribution in [2.75, 3.05) is 19.3 Å². The van der Waals surface area contributed by atoms with Crippen LogP contribution in [0.1, 0.15) is 83.4 Å². The third kappa shape index (κ3) is 5.76. The standard InChI is InChI=1S/C34H38N4O5S/c1-4-22-20-25(13-14-26(22)23-16-18-37(19-17-23)44(3,41)42)43-31-15-12-24-8-6-9-27(33(24)31)29-10-7-11-32(36-29)38-30(5-2)28(21-35-38)34(39)40/h6-11,13-14,20-21,23,31H,4-5,12,15-19H2,1-3H3,(H,39,40). The lowest BCUT2D eigenvalue weighted by Gasteiger charge is -2.31. The first-order chi connectivity index (χ1) is 21.2. The number of carboxylic acid groups (broad SMARTS) is 1. The van der Waals surface area contributed by atoms with Crippen LogP contribution in [0.4, 0.5) is 0 Å². The Labute approximate surface area is 258 Å². The van der Waals surface area contributed by atoms with Crippen molar-refractivity contribution in [3.8, 4) is 22.8 Å². The number of rotatable bonds is 9. The molecule has 0 saturated carbocycles. The van der Waals surface area contributed by atoms with Gasteiger partial charge in [0, 0.05) is 24.2 Å². The number of ether oxygens (including phenoxy) is 1. The highest BCUT2D eigenvalue weighted by Crippen LogP contribution is 2.42. The van der Waals surface area contributed by atoms with E-state index in [1.165, 1.54) is 29.1 Å². The Morgan fingerprint density at radius 2 is 1.80 bits per heavy atom. The average Bonchev–Trinajstić information content (AvgIpc) is 3.65. The first-order valence-electron chi connectivity index (χ1n) is 15.3. The second-order valence-corrected chi connectivity index (χ2v) is 13.6. The van der Waals surface area contributed by atoms with E-state index in [9.17, 15) is 18.3 Å². The molecule has 1 aliphatic carbocycles. The van der Waals surface area contributed by atoms with Gasteiger partial charge in [-0.1, -0.05) is 44.2 Å². The maximum absolute atomic E-state index is 12.0. The van der Waals surface area contributed by atoms with Crippen LogP contribution in [0.3, 0.4) is 0 Å². The van der Waals surface area contributed by atoms with Gasteiger partial charge in [0.15, 0.2) is 5.82 Å². The molecule has 2 aliphatic rings. The van der Waals surface area contributed by atoms with E-state index in [1.54, 1.807) is 8.99 Å². The Morgan fingerprint density at radius 1 is 1.02 bits per heavy atom. The molecule has 4 aromatic rings. The maximum Gasteiger partial charge on any atom is 0.339 e. The quantitative estimate of drug-likeness (QED) is 0.247. The van der Waals surface area contributed by atoms with Gasteiger partial charge in [0.1, 0.15) is 17.4 Å². The van der Waals surface area contributed by atoms with Crippen LogP contribution in [-0.4, -0.2) is 57.9 Å². The van der Waals surface area contributed by atoms with E-state index in [2.05, 4.69) is 48.4 Å². The van der Waals surface area contributed by atoms with E-state index in [1.807, 2.05) is 25.1 Å². The molecule has 0 bridgehead atoms. The number of aromatic nitrogens is 3. The van der Waals surface area contributed by atoms with E-state index < -0.39 is 16.0 Å². The molecule has 10 heteroatoms. The number of nitrogens with zero attached hydrogens (tertiary/aromatic N) is 4. The highest BCUT2D eigenvalue weighted by Gasteiger charge is 2.30. The zero-order valence-corrected chi connectivity index (χ0v) is 26.2. The Morgan fingerprint density at radius 3 is 2.50 bits per heavy atom. The molecule has 44 heavy (non-hydrogen) atoms. The van der Waals surface area contributed by atoms with E-state index in [0.717, 1.165) is 54.7 Å². The summed E-state index contributed by atoms with van der Waals surface area (Å²) in [6.45, 7) is 5.18. The van der Waals surface area contributed by atoms with E-state index in [4.69, 9.17) is 9.72 Å². The third-order valence-corrected chi connectivity index (χ3v) is 10.3. The topological polar surface area (TPSA) is 115 Å². The van der Waals surface area contributed by atoms with Crippen molar-refractivity contribution < 1.29 is 23.1 Å². The van der Waals surface area contributed by atoms with Gasteiger partial charge in [-0.3, -0.25) is 0 Å². The molecule has 1 aliphatic heterocycles. The molecule has 1 fully saturated rings. The number of carbonyl (C=O) groups is 1. The molecular weight excluding hydrogens is 576 g/mol. The van der Waals surface area contributed by atoms with Gasteiger partial charge in [0.25, 0.3) is 0 Å². The minimum atomic E-state index is -3.15. The van der Waals surface area contributed by atoms with Gasteiger partial charge in [-0.2, -0.15) is 5.10 Å². The monoisotopic (exact) mass is 614 g/mol. The largest absolute Gasteiger partial charge is 0.486 e. The molecule has 2 aromatic carbocycles. The van der Waals surface area contributed by atoms with Crippen LogP contribution in [0.15, 0.2) is 60.8 Å². The third-order valence-electron chi connectivity index (χ3n) is 8.99. The van der Waals surface area contributed by atoms with Crippen LogP contribution >= 0.6 is 0 Å². The molecule has 6 rings (SSSR count). The summed E-state index contributed by atoms with van der Waals surface area (Å²) < 4.78 is 33.8. The molecule has 1 unspecified atom stereocenters. The van der Waals surface area contributed by atoms with Gasteiger partial charge in [-0.05, 0) is 85.4 Å². The number of piperidine rings is 1. The number of hydrogen-bond donors (Lipinski definition) is 1.